The molecule has 0 saturated carbocycles. The van der Waals surface area contributed by atoms with Gasteiger partial charge in [0.1, 0.15) is 0 Å². The van der Waals surface area contributed by atoms with Crippen LogP contribution in [0.1, 0.15) is 22.4 Å². The molecule has 0 saturated heterocycles. The first-order valence-electron chi connectivity index (χ1n) is 10.8. The number of fused-ring (bicyclic) bond motifs is 1. The van der Waals surface area contributed by atoms with Gasteiger partial charge in [0.15, 0.2) is 0 Å². The Hall–Kier alpha value is -3.88. The van der Waals surface area contributed by atoms with Crippen molar-refractivity contribution in [2.45, 2.75) is 19.5 Å². The smallest absolute Gasteiger partial charge is 0.258 e. The third-order valence-electron chi connectivity index (χ3n) is 5.79. The first-order valence-corrected chi connectivity index (χ1v) is 10.8. The molecule has 5 nitrogen and oxygen atoms in total. The summed E-state index contributed by atoms with van der Waals surface area (Å²) in [4.78, 5) is 23.2. The van der Waals surface area contributed by atoms with Crippen LogP contribution in [0.15, 0.2) is 84.0 Å². The number of hydrogen-bond acceptors (Lipinski definition) is 3. The van der Waals surface area contributed by atoms with E-state index in [1.807, 2.05) is 48.7 Å². The van der Waals surface area contributed by atoms with Crippen molar-refractivity contribution in [1.29, 1.82) is 0 Å². The Kier molecular flexibility index (Phi) is 5.69. The summed E-state index contributed by atoms with van der Waals surface area (Å²) in [6.45, 7) is 2.62. The van der Waals surface area contributed by atoms with Crippen molar-refractivity contribution >= 4 is 0 Å². The van der Waals surface area contributed by atoms with Crippen LogP contribution in [0.3, 0.4) is 0 Å². The highest BCUT2D eigenvalue weighted by atomic mass is 16.1. The maximum atomic E-state index is 13.2. The monoisotopic (exact) mass is 420 g/mol. The molecule has 4 aromatic rings. The normalized spacial score (nSPS) is 13.2. The van der Waals surface area contributed by atoms with Crippen molar-refractivity contribution < 1.29 is 0 Å². The van der Waals surface area contributed by atoms with Crippen LogP contribution in [-0.2, 0) is 19.5 Å². The Morgan fingerprint density at radius 3 is 2.62 bits per heavy atom. The Morgan fingerprint density at radius 1 is 1.00 bits per heavy atom. The van der Waals surface area contributed by atoms with E-state index in [4.69, 9.17) is 0 Å². The van der Waals surface area contributed by atoms with Gasteiger partial charge in [0.25, 0.3) is 5.56 Å². The Bertz CT molecular complexity index is 1310. The Morgan fingerprint density at radius 2 is 1.84 bits per heavy atom. The number of rotatable bonds is 4. The second-order valence-electron chi connectivity index (χ2n) is 8.01. The molecule has 0 unspecified atom stereocenters. The lowest BCUT2D eigenvalue weighted by Gasteiger charge is -2.26. The zero-order valence-electron chi connectivity index (χ0n) is 17.8. The summed E-state index contributed by atoms with van der Waals surface area (Å²) in [5.74, 6) is 6.43. The van der Waals surface area contributed by atoms with E-state index in [0.717, 1.165) is 46.6 Å². The number of aromatic amines is 1. The molecule has 0 atom stereocenters. The molecule has 32 heavy (non-hydrogen) atoms. The lowest BCUT2D eigenvalue weighted by atomic mass is 10.1. The van der Waals surface area contributed by atoms with Crippen LogP contribution in [0, 0.1) is 11.8 Å². The molecule has 158 valence electrons. The molecule has 2 aromatic heterocycles. The lowest BCUT2D eigenvalue weighted by molar-refractivity contribution is 0.280. The molecule has 3 heterocycles. The number of H-pyrrole nitrogens is 1. The molecule has 0 amide bonds. The molecule has 5 rings (SSSR count). The van der Waals surface area contributed by atoms with Crippen LogP contribution in [0.5, 0.6) is 0 Å². The highest BCUT2D eigenvalue weighted by Crippen LogP contribution is 2.18. The van der Waals surface area contributed by atoms with E-state index in [0.29, 0.717) is 19.6 Å². The number of hydrogen-bond donors (Lipinski definition) is 1. The molecule has 1 aliphatic heterocycles. The second-order valence-corrected chi connectivity index (χ2v) is 8.01. The molecule has 1 aliphatic rings. The molecule has 0 spiro atoms. The summed E-state index contributed by atoms with van der Waals surface area (Å²) in [5.41, 5.74) is 6.05. The zero-order valence-corrected chi connectivity index (χ0v) is 17.8. The maximum Gasteiger partial charge on any atom is 0.258 e. The predicted molar refractivity (Wildman–Crippen MR) is 126 cm³/mol. The number of aromatic nitrogens is 3. The van der Waals surface area contributed by atoms with Gasteiger partial charge >= 0.3 is 0 Å². The van der Waals surface area contributed by atoms with Crippen LogP contribution in [0.25, 0.3) is 11.3 Å². The van der Waals surface area contributed by atoms with Crippen LogP contribution in [0.4, 0.5) is 0 Å². The number of nitrogens with zero attached hydrogens (tertiary/aromatic N) is 3. The van der Waals surface area contributed by atoms with E-state index in [2.05, 4.69) is 51.0 Å². The van der Waals surface area contributed by atoms with Gasteiger partial charge in [0.2, 0.25) is 0 Å². The van der Waals surface area contributed by atoms with Gasteiger partial charge in [-0.1, -0.05) is 54.3 Å². The molecular formula is C27H24N4O. The van der Waals surface area contributed by atoms with Gasteiger partial charge < -0.3 is 4.98 Å². The van der Waals surface area contributed by atoms with E-state index in [1.165, 1.54) is 0 Å². The molecule has 0 bridgehead atoms. The fraction of sp³-hybridized carbons (Fsp3) is 0.185. The third kappa shape index (κ3) is 4.41. The van der Waals surface area contributed by atoms with E-state index >= 15 is 0 Å². The summed E-state index contributed by atoms with van der Waals surface area (Å²) in [5, 5.41) is 0. The average molecular weight is 421 g/mol. The van der Waals surface area contributed by atoms with Gasteiger partial charge in [-0.3, -0.25) is 14.3 Å². The summed E-state index contributed by atoms with van der Waals surface area (Å²) in [6.07, 6.45) is 4.38. The zero-order chi connectivity index (χ0) is 21.8. The minimum atomic E-state index is 0.0455. The van der Waals surface area contributed by atoms with Gasteiger partial charge in [-0.15, -0.1) is 0 Å². The summed E-state index contributed by atoms with van der Waals surface area (Å²) in [6, 6.07) is 22.3. The molecule has 0 radical (unpaired) electrons. The largest absolute Gasteiger partial charge is 0.361 e. The standard InChI is InChI=1S/C27H24N4O/c32-27-24-19-30(16-5-8-21-6-2-1-3-7-21)17-14-26(24)29-20-31(27)18-22-10-12-23(13-11-22)25-9-4-15-28-25/h1-4,6-7,9-13,15,20,28H,14,16-19H2. The fourth-order valence-corrected chi connectivity index (χ4v) is 4.03. The highest BCUT2D eigenvalue weighted by molar-refractivity contribution is 5.59. The van der Waals surface area contributed by atoms with E-state index < -0.39 is 0 Å². The van der Waals surface area contributed by atoms with E-state index in [9.17, 15) is 4.79 Å². The van der Waals surface area contributed by atoms with Gasteiger partial charge in [-0.05, 0) is 35.4 Å². The van der Waals surface area contributed by atoms with Crippen molar-refractivity contribution in [1.82, 2.24) is 19.4 Å². The first-order chi connectivity index (χ1) is 15.8. The summed E-state index contributed by atoms with van der Waals surface area (Å²) >= 11 is 0. The van der Waals surface area contributed by atoms with Crippen LogP contribution < -0.4 is 5.56 Å². The highest BCUT2D eigenvalue weighted by Gasteiger charge is 2.20. The third-order valence-corrected chi connectivity index (χ3v) is 5.79. The summed E-state index contributed by atoms with van der Waals surface area (Å²) < 4.78 is 1.71. The molecular weight excluding hydrogens is 396 g/mol. The average Bonchev–Trinajstić information content (AvgIpc) is 3.37. The van der Waals surface area contributed by atoms with Crippen molar-refractivity contribution in [2.75, 3.05) is 13.1 Å². The Balaban J connectivity index is 1.29. The number of benzene rings is 2. The fourth-order valence-electron chi connectivity index (χ4n) is 4.03. The van der Waals surface area contributed by atoms with E-state index in [1.54, 1.807) is 10.9 Å². The van der Waals surface area contributed by atoms with Gasteiger partial charge in [-0.25, -0.2) is 4.98 Å². The molecule has 0 fully saturated rings. The van der Waals surface area contributed by atoms with Crippen molar-refractivity contribution in [2.24, 2.45) is 0 Å². The molecule has 1 N–H and O–H groups in total. The van der Waals surface area contributed by atoms with Gasteiger partial charge in [0.05, 0.1) is 30.7 Å². The topological polar surface area (TPSA) is 53.9 Å². The lowest BCUT2D eigenvalue weighted by Crippen LogP contribution is -2.38. The Labute approximate surface area is 187 Å². The summed E-state index contributed by atoms with van der Waals surface area (Å²) in [7, 11) is 0. The minimum absolute atomic E-state index is 0.0455. The van der Waals surface area contributed by atoms with Crippen LogP contribution in [-0.4, -0.2) is 32.5 Å². The minimum Gasteiger partial charge on any atom is -0.361 e. The van der Waals surface area contributed by atoms with Crippen molar-refractivity contribution in [3.63, 3.8) is 0 Å². The van der Waals surface area contributed by atoms with Crippen LogP contribution in [0.2, 0.25) is 0 Å². The first kappa shape index (κ1) is 20.0. The van der Waals surface area contributed by atoms with E-state index in [-0.39, 0.29) is 5.56 Å². The SMILES string of the molecule is O=c1c2c(ncn1Cc1ccc(-c3ccc[nH]3)cc1)CCN(CC#Cc1ccccc1)C2. The predicted octanol–water partition coefficient (Wildman–Crippen LogP) is 3.70. The second kappa shape index (κ2) is 9.09. The molecule has 0 aliphatic carbocycles. The maximum absolute atomic E-state index is 13.2. The molecule has 2 aromatic carbocycles. The van der Waals surface area contributed by atoms with Gasteiger partial charge in [-0.2, -0.15) is 0 Å². The quantitative estimate of drug-likeness (QED) is 0.512. The number of nitrogens with one attached hydrogen (secondary N) is 1. The van der Waals surface area contributed by atoms with Crippen LogP contribution >= 0.6 is 0 Å². The van der Waals surface area contributed by atoms with Crippen molar-refractivity contribution in [3.05, 3.63) is 112 Å². The van der Waals surface area contributed by atoms with Crippen molar-refractivity contribution in [3.8, 4) is 23.1 Å². The van der Waals surface area contributed by atoms with Gasteiger partial charge in [0, 0.05) is 37.0 Å². The molecule has 5 heteroatoms.